The van der Waals surface area contributed by atoms with Crippen LogP contribution in [-0.4, -0.2) is 54.7 Å². The third-order valence-corrected chi connectivity index (χ3v) is 3.86. The minimum absolute atomic E-state index is 0. The van der Waals surface area contributed by atoms with Crippen LogP contribution in [0.5, 0.6) is 0 Å². The van der Waals surface area contributed by atoms with Crippen molar-refractivity contribution in [1.29, 1.82) is 0 Å². The van der Waals surface area contributed by atoms with Crippen LogP contribution in [-0.2, 0) is 13.8 Å². The van der Waals surface area contributed by atoms with E-state index in [2.05, 4.69) is 19.5 Å². The van der Waals surface area contributed by atoms with Gasteiger partial charge in [-0.1, -0.05) is 0 Å². The quantitative estimate of drug-likeness (QED) is 0.265. The molecule has 0 amide bonds. The average Bonchev–Trinajstić information content (AvgIpc) is 3.01. The van der Waals surface area contributed by atoms with Crippen LogP contribution in [0.4, 0.5) is 5.82 Å². The second kappa shape index (κ2) is 8.48. The Labute approximate surface area is 165 Å². The largest absolute Gasteiger partial charge is 1.00 e. The molecule has 2 aromatic rings. The zero-order valence-corrected chi connectivity index (χ0v) is 14.3. The van der Waals surface area contributed by atoms with E-state index in [1.54, 1.807) is 0 Å². The molecule has 0 aromatic carbocycles. The molecule has 25 heavy (non-hydrogen) atoms. The van der Waals surface area contributed by atoms with Crippen molar-refractivity contribution in [2.24, 2.45) is 0 Å². The fourth-order valence-corrected chi connectivity index (χ4v) is 2.65. The van der Waals surface area contributed by atoms with Crippen LogP contribution in [0.3, 0.4) is 0 Å². The Bertz CT molecular complexity index is 773. The van der Waals surface area contributed by atoms with E-state index in [0.29, 0.717) is 0 Å². The van der Waals surface area contributed by atoms with Gasteiger partial charge in [-0.2, -0.15) is 0 Å². The van der Waals surface area contributed by atoms with Gasteiger partial charge in [-0.25, -0.2) is 15.0 Å². The van der Waals surface area contributed by atoms with Crippen LogP contribution in [0.25, 0.3) is 11.2 Å². The number of nitrogen functional groups attached to an aromatic ring is 1. The van der Waals surface area contributed by atoms with Gasteiger partial charge in [0, 0.05) is 0 Å². The first kappa shape index (κ1) is 22.6. The molecule has 3 heterocycles. The van der Waals surface area contributed by atoms with Crippen molar-refractivity contribution in [2.45, 2.75) is 24.5 Å². The maximum atomic E-state index is 10.5. The van der Waals surface area contributed by atoms with E-state index in [9.17, 15) is 24.6 Å². The summed E-state index contributed by atoms with van der Waals surface area (Å²) < 4.78 is 21.3. The van der Waals surface area contributed by atoms with Gasteiger partial charge in [0.2, 0.25) is 0 Å². The Morgan fingerprint density at radius 1 is 1.28 bits per heavy atom. The summed E-state index contributed by atoms with van der Waals surface area (Å²) in [6.45, 7) is -0.719. The molecule has 0 spiro atoms. The second-order valence-electron chi connectivity index (χ2n) is 4.87. The molecule has 0 bridgehead atoms. The molecular formula is C10H12Li2N5O7P. The van der Waals surface area contributed by atoms with Crippen LogP contribution in [0.2, 0.25) is 0 Å². The van der Waals surface area contributed by atoms with E-state index < -0.39 is 39.0 Å². The number of phosphoric ester groups is 1. The van der Waals surface area contributed by atoms with Crippen molar-refractivity contribution in [3.63, 3.8) is 0 Å². The van der Waals surface area contributed by atoms with Crippen molar-refractivity contribution in [2.75, 3.05) is 12.3 Å². The fraction of sp³-hybridized carbons (Fsp3) is 0.500. The summed E-state index contributed by atoms with van der Waals surface area (Å²) in [6, 6.07) is 0. The first-order chi connectivity index (χ1) is 10.8. The summed E-state index contributed by atoms with van der Waals surface area (Å²) >= 11 is 0. The molecule has 15 heteroatoms. The zero-order chi connectivity index (χ0) is 16.8. The summed E-state index contributed by atoms with van der Waals surface area (Å²) in [6.07, 6.45) is -2.75. The van der Waals surface area contributed by atoms with Gasteiger partial charge >= 0.3 is 37.7 Å². The van der Waals surface area contributed by atoms with Crippen molar-refractivity contribution in [3.8, 4) is 0 Å². The molecule has 3 rings (SSSR count). The van der Waals surface area contributed by atoms with E-state index in [1.165, 1.54) is 17.2 Å². The molecule has 126 valence electrons. The molecule has 1 saturated heterocycles. The smallest absolute Gasteiger partial charge is 0.790 e. The third-order valence-electron chi connectivity index (χ3n) is 3.40. The molecule has 0 unspecified atom stereocenters. The monoisotopic (exact) mass is 364 g/mol. The number of hydrogen-bond donors (Lipinski definition) is 3. The van der Waals surface area contributed by atoms with Gasteiger partial charge in [-0.15, -0.1) is 0 Å². The third kappa shape index (κ3) is 4.63. The molecule has 0 radical (unpaired) electrons. The van der Waals surface area contributed by atoms with Gasteiger partial charge in [0.15, 0.2) is 17.7 Å². The minimum Gasteiger partial charge on any atom is -0.790 e. The molecule has 0 saturated carbocycles. The number of aliphatic hydroxyl groups excluding tert-OH is 2. The van der Waals surface area contributed by atoms with Crippen LogP contribution in [0.15, 0.2) is 12.7 Å². The molecule has 1 aliphatic rings. The Morgan fingerprint density at radius 3 is 2.60 bits per heavy atom. The Morgan fingerprint density at radius 2 is 1.96 bits per heavy atom. The van der Waals surface area contributed by atoms with Gasteiger partial charge in [0.05, 0.1) is 20.8 Å². The Hall–Kier alpha value is -0.465. The van der Waals surface area contributed by atoms with Crippen LogP contribution >= 0.6 is 7.82 Å². The van der Waals surface area contributed by atoms with E-state index in [-0.39, 0.29) is 54.7 Å². The van der Waals surface area contributed by atoms with Crippen molar-refractivity contribution in [1.82, 2.24) is 19.5 Å². The average molecular weight is 364 g/mol. The summed E-state index contributed by atoms with van der Waals surface area (Å²) in [7, 11) is -5.22. The van der Waals surface area contributed by atoms with Crippen molar-refractivity contribution in [3.05, 3.63) is 12.7 Å². The first-order valence-corrected chi connectivity index (χ1v) is 7.85. The van der Waals surface area contributed by atoms with Gasteiger partial charge in [-0.3, -0.25) is 4.57 Å². The number of ether oxygens (including phenoxy) is 1. The maximum Gasteiger partial charge on any atom is 1.00 e. The number of fused-ring (bicyclic) bond motifs is 1. The summed E-state index contributed by atoms with van der Waals surface area (Å²) in [5, 5.41) is 20.0. The molecule has 4 atom stereocenters. The minimum atomic E-state index is -5.22. The number of phosphoric acid groups is 1. The fourth-order valence-electron chi connectivity index (χ4n) is 2.32. The van der Waals surface area contributed by atoms with Gasteiger partial charge < -0.3 is 39.6 Å². The number of hydrogen-bond acceptors (Lipinski definition) is 11. The Balaban J connectivity index is 0.00000156. The number of imidazole rings is 1. The molecule has 0 aliphatic carbocycles. The topological polar surface area (TPSA) is 192 Å². The first-order valence-electron chi connectivity index (χ1n) is 6.39. The number of aliphatic hydroxyl groups is 2. The molecular weight excluding hydrogens is 352 g/mol. The molecule has 4 N–H and O–H groups in total. The standard InChI is InChI=1S/C10H14N5O7P.2Li/c11-8-5-9(13-2-12-8)15(3-14-5)10-7(17)6(16)4(22-10)1-21-23(18,19)20;;/h2-4,6-7,10,16-17H,1H2,(H2,11,12,13)(H2,18,19,20);;/q;2*+1/p-2/t4-,6-,7-,10-;;/m1../s1/i11+1,12+1,13+1,14+1,15+1;;. The second-order valence-corrected chi connectivity index (χ2v) is 6.02. The van der Waals surface area contributed by atoms with Crippen LogP contribution < -0.4 is 53.2 Å². The van der Waals surface area contributed by atoms with Gasteiger partial charge in [0.25, 0.3) is 0 Å². The number of nitrogens with two attached hydrogens (primary N) is 1. The molecule has 12 nitrogen and oxygen atoms in total. The van der Waals surface area contributed by atoms with Gasteiger partial charge in [0.1, 0.15) is 30.2 Å². The van der Waals surface area contributed by atoms with E-state index in [4.69, 9.17) is 10.5 Å². The normalized spacial score (nSPS) is 26.2. The molecule has 2 aromatic heterocycles. The number of nitrogens with zero attached hydrogens (tertiary/aromatic N) is 4. The van der Waals surface area contributed by atoms with E-state index >= 15 is 0 Å². The number of rotatable bonds is 4. The van der Waals surface area contributed by atoms with Gasteiger partial charge in [-0.05, 0) is 0 Å². The van der Waals surface area contributed by atoms with Crippen molar-refractivity contribution < 1.29 is 71.5 Å². The summed E-state index contributed by atoms with van der Waals surface area (Å²) in [5.74, 6) is 0.125. The predicted molar refractivity (Wildman–Crippen MR) is 69.2 cm³/mol. The summed E-state index contributed by atoms with van der Waals surface area (Å²) in [5.41, 5.74) is 6.19. The van der Waals surface area contributed by atoms with Crippen molar-refractivity contribution >= 4 is 24.8 Å². The van der Waals surface area contributed by atoms with Crippen LogP contribution in [0, 0.1) is 0 Å². The van der Waals surface area contributed by atoms with E-state index in [0.717, 1.165) is 0 Å². The summed E-state index contributed by atoms with van der Waals surface area (Å²) in [4.78, 5) is 32.8. The van der Waals surface area contributed by atoms with Crippen LogP contribution in [0.1, 0.15) is 6.23 Å². The predicted octanol–water partition coefficient (Wildman–Crippen LogP) is -9.12. The van der Waals surface area contributed by atoms with E-state index in [1.807, 2.05) is 0 Å². The molecule has 1 aliphatic heterocycles. The SMILES string of the molecule is [15NH2]c1[15n]c[15n]c2c1[15n]c[15n]2[C@@H]1O[C@H](COP(=O)([O-])[O-])[C@@H](O)[C@H]1O.[Li+].[Li+]. The number of anilines is 1. The zero-order valence-electron chi connectivity index (χ0n) is 13.4. The number of aromatic nitrogens is 4. The maximum absolute atomic E-state index is 10.5. The Kier molecular flexibility index (Phi) is 7.66. The molecule has 1 fully saturated rings.